The molecule has 0 radical (unpaired) electrons. The van der Waals surface area contributed by atoms with Crippen molar-refractivity contribution in [3.05, 3.63) is 102 Å². The molecule has 0 saturated carbocycles. The van der Waals surface area contributed by atoms with Gasteiger partial charge in [0.05, 0.1) is 5.52 Å². The fourth-order valence-corrected chi connectivity index (χ4v) is 6.29. The molecule has 40 heavy (non-hydrogen) atoms. The maximum atomic E-state index is 14.3. The lowest BCUT2D eigenvalue weighted by Gasteiger charge is -2.42. The third-order valence-electron chi connectivity index (χ3n) is 7.25. The van der Waals surface area contributed by atoms with Gasteiger partial charge in [0.15, 0.2) is 17.5 Å². The Kier molecular flexibility index (Phi) is 7.52. The van der Waals surface area contributed by atoms with Crippen molar-refractivity contribution in [2.75, 3.05) is 24.4 Å². The summed E-state index contributed by atoms with van der Waals surface area (Å²) in [5.41, 5.74) is 1.10. The molecule has 1 fully saturated rings. The zero-order chi connectivity index (χ0) is 28.6. The van der Waals surface area contributed by atoms with E-state index >= 15 is 0 Å². The van der Waals surface area contributed by atoms with Crippen molar-refractivity contribution >= 4 is 32.5 Å². The maximum Gasteiger partial charge on any atom is 0.264 e. The number of nitrogens with one attached hydrogen (secondary N) is 1. The summed E-state index contributed by atoms with van der Waals surface area (Å²) in [6.07, 6.45) is 1.53. The molecule has 11 heteroatoms. The molecule has 1 N–H and O–H groups in total. The van der Waals surface area contributed by atoms with Crippen LogP contribution in [0.1, 0.15) is 35.8 Å². The number of nitrogens with zero attached hydrogens (tertiary/aromatic N) is 3. The SMILES string of the molecule is CC(c1ccc(F)c(F)c1F)N1CCN(C(=O)c2ccc(NS(=O)(=O)c3cccc4cccnc34)cc2)[C@H](C)C1. The van der Waals surface area contributed by atoms with Crippen molar-refractivity contribution in [3.8, 4) is 0 Å². The second-order valence-corrected chi connectivity index (χ2v) is 11.4. The van der Waals surface area contributed by atoms with Crippen molar-refractivity contribution in [1.82, 2.24) is 14.8 Å². The first-order valence-electron chi connectivity index (χ1n) is 12.7. The van der Waals surface area contributed by atoms with Gasteiger partial charge in [-0.1, -0.05) is 24.3 Å². The molecule has 4 aromatic rings. The van der Waals surface area contributed by atoms with Crippen LogP contribution in [0.25, 0.3) is 10.9 Å². The maximum absolute atomic E-state index is 14.3. The number of rotatable bonds is 6. The number of benzene rings is 3. The fraction of sp³-hybridized carbons (Fsp3) is 0.241. The molecule has 1 unspecified atom stereocenters. The molecule has 0 aliphatic carbocycles. The van der Waals surface area contributed by atoms with Gasteiger partial charge in [0.25, 0.3) is 15.9 Å². The third-order valence-corrected chi connectivity index (χ3v) is 8.66. The summed E-state index contributed by atoms with van der Waals surface area (Å²) >= 11 is 0. The van der Waals surface area contributed by atoms with Gasteiger partial charge in [-0.15, -0.1) is 0 Å². The van der Waals surface area contributed by atoms with E-state index in [-0.39, 0.29) is 22.4 Å². The second-order valence-electron chi connectivity index (χ2n) is 9.80. The Morgan fingerprint density at radius 1 is 0.975 bits per heavy atom. The highest BCUT2D eigenvalue weighted by molar-refractivity contribution is 7.93. The van der Waals surface area contributed by atoms with E-state index in [9.17, 15) is 26.4 Å². The Hall–Kier alpha value is -3.96. The zero-order valence-electron chi connectivity index (χ0n) is 21.8. The molecule has 1 aromatic heterocycles. The Morgan fingerprint density at radius 3 is 2.42 bits per heavy atom. The van der Waals surface area contributed by atoms with Crippen LogP contribution in [-0.2, 0) is 10.0 Å². The monoisotopic (exact) mass is 568 g/mol. The molecule has 208 valence electrons. The predicted octanol–water partition coefficient (Wildman–Crippen LogP) is 5.36. The summed E-state index contributed by atoms with van der Waals surface area (Å²) in [5.74, 6) is -4.16. The number of carbonyl (C=O) groups is 1. The zero-order valence-corrected chi connectivity index (χ0v) is 22.6. The standard InChI is InChI=1S/C29H27F3N4O3S/c1-18-17-35(19(2)23-12-13-24(30)27(32)26(23)31)15-16-36(18)29(37)21-8-10-22(11-9-21)34-40(38,39)25-7-3-5-20-6-4-14-33-28(20)25/h3-14,18-19,34H,15-17H2,1-2H3/t18-,19?/m1/s1. The molecular weight excluding hydrogens is 541 g/mol. The van der Waals surface area contributed by atoms with Gasteiger partial charge in [-0.3, -0.25) is 19.4 Å². The highest BCUT2D eigenvalue weighted by Gasteiger charge is 2.32. The van der Waals surface area contributed by atoms with Crippen LogP contribution in [0.15, 0.2) is 77.8 Å². The smallest absolute Gasteiger partial charge is 0.264 e. The molecule has 2 atom stereocenters. The average Bonchev–Trinajstić information content (AvgIpc) is 2.95. The Morgan fingerprint density at radius 2 is 1.70 bits per heavy atom. The number of piperazine rings is 1. The second kappa shape index (κ2) is 10.9. The average molecular weight is 569 g/mol. The van der Waals surface area contributed by atoms with Gasteiger partial charge >= 0.3 is 0 Å². The summed E-state index contributed by atoms with van der Waals surface area (Å²) < 4.78 is 70.2. The minimum absolute atomic E-state index is 0.0509. The number of amides is 1. The van der Waals surface area contributed by atoms with E-state index in [1.54, 1.807) is 48.2 Å². The van der Waals surface area contributed by atoms with Gasteiger partial charge in [0, 0.05) is 60.1 Å². The molecule has 0 spiro atoms. The quantitative estimate of drug-likeness (QED) is 0.317. The Labute approximate surface area is 230 Å². The normalized spacial score (nSPS) is 17.1. The number of aromatic nitrogens is 1. The highest BCUT2D eigenvalue weighted by atomic mass is 32.2. The van der Waals surface area contributed by atoms with E-state index in [2.05, 4.69) is 9.71 Å². The molecule has 1 aliphatic rings. The van der Waals surface area contributed by atoms with Crippen molar-refractivity contribution in [2.24, 2.45) is 0 Å². The number of pyridine rings is 1. The number of carbonyl (C=O) groups excluding carboxylic acids is 1. The minimum atomic E-state index is -3.93. The number of sulfonamides is 1. The summed E-state index contributed by atoms with van der Waals surface area (Å²) in [5, 5.41) is 0.699. The summed E-state index contributed by atoms with van der Waals surface area (Å²) in [7, 11) is -3.93. The largest absolute Gasteiger partial charge is 0.333 e. The number of hydrogen-bond acceptors (Lipinski definition) is 5. The van der Waals surface area contributed by atoms with E-state index in [4.69, 9.17) is 0 Å². The molecule has 1 aliphatic heterocycles. The van der Waals surface area contributed by atoms with Crippen molar-refractivity contribution < 1.29 is 26.4 Å². The number of hydrogen-bond donors (Lipinski definition) is 1. The van der Waals surface area contributed by atoms with Crippen molar-refractivity contribution in [3.63, 3.8) is 0 Å². The van der Waals surface area contributed by atoms with E-state index in [1.807, 2.05) is 11.8 Å². The summed E-state index contributed by atoms with van der Waals surface area (Å²) in [6, 6.07) is 16.0. The van der Waals surface area contributed by atoms with E-state index in [1.165, 1.54) is 30.5 Å². The number of fused-ring (bicyclic) bond motifs is 1. The van der Waals surface area contributed by atoms with Crippen LogP contribution < -0.4 is 4.72 Å². The van der Waals surface area contributed by atoms with Crippen molar-refractivity contribution in [2.45, 2.75) is 30.8 Å². The van der Waals surface area contributed by atoms with Crippen LogP contribution in [0.4, 0.5) is 18.9 Å². The lowest BCUT2D eigenvalue weighted by atomic mass is 10.0. The molecule has 3 aromatic carbocycles. The highest BCUT2D eigenvalue weighted by Crippen LogP contribution is 2.29. The van der Waals surface area contributed by atoms with Gasteiger partial charge in [-0.25, -0.2) is 21.6 Å². The van der Waals surface area contributed by atoms with Gasteiger partial charge in [0.1, 0.15) is 4.90 Å². The van der Waals surface area contributed by atoms with Gasteiger partial charge < -0.3 is 4.90 Å². The minimum Gasteiger partial charge on any atom is -0.333 e. The summed E-state index contributed by atoms with van der Waals surface area (Å²) in [6.45, 7) is 4.74. The molecule has 2 heterocycles. The number of para-hydroxylation sites is 1. The Balaban J connectivity index is 1.26. The van der Waals surface area contributed by atoms with Crippen LogP contribution in [0.3, 0.4) is 0 Å². The van der Waals surface area contributed by atoms with Crippen LogP contribution >= 0.6 is 0 Å². The molecule has 1 amide bonds. The van der Waals surface area contributed by atoms with E-state index < -0.39 is 33.5 Å². The first-order chi connectivity index (χ1) is 19.1. The summed E-state index contributed by atoms with van der Waals surface area (Å²) in [4.78, 5) is 21.1. The lowest BCUT2D eigenvalue weighted by Crippen LogP contribution is -2.54. The molecule has 7 nitrogen and oxygen atoms in total. The number of anilines is 1. The molecule has 1 saturated heterocycles. The first-order valence-corrected chi connectivity index (χ1v) is 14.2. The fourth-order valence-electron chi connectivity index (χ4n) is 5.05. The van der Waals surface area contributed by atoms with Gasteiger partial charge in [-0.05, 0) is 56.3 Å². The molecular formula is C29H27F3N4O3S. The predicted molar refractivity (Wildman–Crippen MR) is 146 cm³/mol. The first kappa shape index (κ1) is 27.6. The molecule has 5 rings (SSSR count). The topological polar surface area (TPSA) is 82.6 Å². The van der Waals surface area contributed by atoms with E-state index in [0.717, 1.165) is 6.07 Å². The number of halogens is 3. The van der Waals surface area contributed by atoms with Crippen LogP contribution in [0, 0.1) is 17.5 Å². The van der Waals surface area contributed by atoms with Crippen molar-refractivity contribution in [1.29, 1.82) is 0 Å². The third kappa shape index (κ3) is 5.26. The van der Waals surface area contributed by atoms with Gasteiger partial charge in [-0.2, -0.15) is 0 Å². The van der Waals surface area contributed by atoms with Gasteiger partial charge in [0.2, 0.25) is 0 Å². The van der Waals surface area contributed by atoms with Crippen LogP contribution in [0.2, 0.25) is 0 Å². The van der Waals surface area contributed by atoms with Crippen LogP contribution in [-0.4, -0.2) is 54.8 Å². The molecule has 0 bridgehead atoms. The van der Waals surface area contributed by atoms with E-state index in [0.29, 0.717) is 41.8 Å². The van der Waals surface area contributed by atoms with Crippen LogP contribution in [0.5, 0.6) is 0 Å². The lowest BCUT2D eigenvalue weighted by molar-refractivity contribution is 0.0401. The Bertz CT molecular complexity index is 1680.